The van der Waals surface area contributed by atoms with E-state index in [1.807, 2.05) is 31.2 Å². The highest BCUT2D eigenvalue weighted by Crippen LogP contribution is 2.25. The second-order valence-electron chi connectivity index (χ2n) is 4.28. The van der Waals surface area contributed by atoms with Crippen LogP contribution in [0, 0.1) is 13.8 Å². The summed E-state index contributed by atoms with van der Waals surface area (Å²) in [4.78, 5) is 16.2. The van der Waals surface area contributed by atoms with Gasteiger partial charge in [0.25, 0.3) is 0 Å². The standard InChI is InChI=1S/C14H16N2O3/c1-4-18-14(17)12(13-15-10(3)16-19-13)11-7-5-9(2)6-8-11/h5-8,12H,4H2,1-3H3. The van der Waals surface area contributed by atoms with Gasteiger partial charge in [0.1, 0.15) is 0 Å². The predicted molar refractivity (Wildman–Crippen MR) is 68.7 cm³/mol. The van der Waals surface area contributed by atoms with Crippen LogP contribution in [0.15, 0.2) is 28.8 Å². The zero-order valence-corrected chi connectivity index (χ0v) is 11.2. The Morgan fingerprint density at radius 1 is 1.32 bits per heavy atom. The van der Waals surface area contributed by atoms with E-state index in [4.69, 9.17) is 9.26 Å². The van der Waals surface area contributed by atoms with Crippen LogP contribution in [0.4, 0.5) is 0 Å². The van der Waals surface area contributed by atoms with Crippen molar-refractivity contribution in [2.45, 2.75) is 26.7 Å². The Kier molecular flexibility index (Phi) is 3.94. The molecule has 0 bridgehead atoms. The number of nitrogens with zero attached hydrogens (tertiary/aromatic N) is 2. The molecule has 19 heavy (non-hydrogen) atoms. The summed E-state index contributed by atoms with van der Waals surface area (Å²) < 4.78 is 10.2. The third kappa shape index (κ3) is 2.99. The molecule has 1 atom stereocenters. The average Bonchev–Trinajstić information content (AvgIpc) is 2.79. The molecule has 0 amide bonds. The SMILES string of the molecule is CCOC(=O)C(c1ccc(C)cc1)c1nc(C)no1. The lowest BCUT2D eigenvalue weighted by Crippen LogP contribution is -2.17. The summed E-state index contributed by atoms with van der Waals surface area (Å²) in [6, 6.07) is 7.61. The highest BCUT2D eigenvalue weighted by molar-refractivity contribution is 5.80. The molecule has 0 N–H and O–H groups in total. The second kappa shape index (κ2) is 5.65. The van der Waals surface area contributed by atoms with Gasteiger partial charge in [0.2, 0.25) is 5.89 Å². The van der Waals surface area contributed by atoms with Crippen molar-refractivity contribution >= 4 is 5.97 Å². The molecular formula is C14H16N2O3. The molecule has 5 nitrogen and oxygen atoms in total. The molecule has 0 saturated carbocycles. The van der Waals surface area contributed by atoms with Crippen molar-refractivity contribution in [2.24, 2.45) is 0 Å². The van der Waals surface area contributed by atoms with E-state index in [0.717, 1.165) is 11.1 Å². The summed E-state index contributed by atoms with van der Waals surface area (Å²) in [6.07, 6.45) is 0. The number of rotatable bonds is 4. The Hall–Kier alpha value is -2.17. The maximum absolute atomic E-state index is 12.1. The summed E-state index contributed by atoms with van der Waals surface area (Å²) in [7, 11) is 0. The molecule has 2 rings (SSSR count). The van der Waals surface area contributed by atoms with Crippen molar-refractivity contribution in [3.8, 4) is 0 Å². The Bertz CT molecular complexity index is 560. The Morgan fingerprint density at radius 3 is 2.53 bits per heavy atom. The zero-order valence-electron chi connectivity index (χ0n) is 11.2. The number of esters is 1. The molecule has 0 saturated heterocycles. The van der Waals surface area contributed by atoms with Crippen molar-refractivity contribution in [3.05, 3.63) is 47.1 Å². The molecule has 1 heterocycles. The van der Waals surface area contributed by atoms with Crippen LogP contribution in [0.1, 0.15) is 35.7 Å². The van der Waals surface area contributed by atoms with E-state index >= 15 is 0 Å². The molecule has 5 heteroatoms. The van der Waals surface area contributed by atoms with Gasteiger partial charge in [-0.1, -0.05) is 35.0 Å². The van der Waals surface area contributed by atoms with Crippen molar-refractivity contribution in [2.75, 3.05) is 6.61 Å². The molecule has 0 spiro atoms. The van der Waals surface area contributed by atoms with Gasteiger partial charge in [-0.3, -0.25) is 4.79 Å². The van der Waals surface area contributed by atoms with Gasteiger partial charge in [0.15, 0.2) is 11.7 Å². The predicted octanol–water partition coefficient (Wildman–Crippen LogP) is 2.38. The summed E-state index contributed by atoms with van der Waals surface area (Å²) in [6.45, 7) is 5.78. The monoisotopic (exact) mass is 260 g/mol. The van der Waals surface area contributed by atoms with E-state index in [-0.39, 0.29) is 11.9 Å². The summed E-state index contributed by atoms with van der Waals surface area (Å²) in [5.74, 6) is -0.284. The van der Waals surface area contributed by atoms with Crippen LogP contribution in [0.25, 0.3) is 0 Å². The Labute approximate surface area is 111 Å². The largest absolute Gasteiger partial charge is 0.465 e. The maximum atomic E-state index is 12.1. The Balaban J connectivity index is 2.39. The fourth-order valence-electron chi connectivity index (χ4n) is 1.79. The van der Waals surface area contributed by atoms with Gasteiger partial charge in [-0.15, -0.1) is 0 Å². The van der Waals surface area contributed by atoms with Gasteiger partial charge < -0.3 is 9.26 Å². The minimum absolute atomic E-state index is 0.264. The summed E-state index contributed by atoms with van der Waals surface area (Å²) in [5.41, 5.74) is 1.90. The number of hydrogen-bond donors (Lipinski definition) is 0. The molecule has 1 aromatic heterocycles. The van der Waals surface area contributed by atoms with E-state index < -0.39 is 5.92 Å². The number of aromatic nitrogens is 2. The number of hydrogen-bond acceptors (Lipinski definition) is 5. The molecule has 2 aromatic rings. The first-order valence-corrected chi connectivity index (χ1v) is 6.15. The second-order valence-corrected chi connectivity index (χ2v) is 4.28. The number of carbonyl (C=O) groups excluding carboxylic acids is 1. The average molecular weight is 260 g/mol. The number of carbonyl (C=O) groups is 1. The fourth-order valence-corrected chi connectivity index (χ4v) is 1.79. The molecule has 1 aromatic carbocycles. The summed E-state index contributed by atoms with van der Waals surface area (Å²) in [5, 5.41) is 3.73. The van der Waals surface area contributed by atoms with Crippen LogP contribution in [0.5, 0.6) is 0 Å². The normalized spacial score (nSPS) is 12.2. The van der Waals surface area contributed by atoms with Crippen molar-refractivity contribution in [1.29, 1.82) is 0 Å². The third-order valence-electron chi connectivity index (χ3n) is 2.72. The van der Waals surface area contributed by atoms with E-state index in [1.165, 1.54) is 0 Å². The van der Waals surface area contributed by atoms with Gasteiger partial charge in [0.05, 0.1) is 6.61 Å². The number of aryl methyl sites for hydroxylation is 2. The van der Waals surface area contributed by atoms with Crippen LogP contribution in [0.3, 0.4) is 0 Å². The highest BCUT2D eigenvalue weighted by Gasteiger charge is 2.29. The van der Waals surface area contributed by atoms with Gasteiger partial charge in [-0.05, 0) is 26.3 Å². The first-order chi connectivity index (χ1) is 9.11. The minimum atomic E-state index is -0.665. The molecule has 0 aliphatic carbocycles. The quantitative estimate of drug-likeness (QED) is 0.790. The van der Waals surface area contributed by atoms with Gasteiger partial charge in [-0.2, -0.15) is 4.98 Å². The van der Waals surface area contributed by atoms with Crippen molar-refractivity contribution in [3.63, 3.8) is 0 Å². The van der Waals surface area contributed by atoms with E-state index in [1.54, 1.807) is 13.8 Å². The first kappa shape index (κ1) is 13.3. The molecule has 0 radical (unpaired) electrons. The van der Waals surface area contributed by atoms with Crippen molar-refractivity contribution in [1.82, 2.24) is 10.1 Å². The number of benzene rings is 1. The van der Waals surface area contributed by atoms with Crippen LogP contribution >= 0.6 is 0 Å². The first-order valence-electron chi connectivity index (χ1n) is 6.15. The van der Waals surface area contributed by atoms with E-state index in [9.17, 15) is 4.79 Å². The smallest absolute Gasteiger partial charge is 0.323 e. The molecule has 0 aliphatic rings. The molecule has 0 aliphatic heterocycles. The minimum Gasteiger partial charge on any atom is -0.465 e. The molecule has 1 unspecified atom stereocenters. The topological polar surface area (TPSA) is 65.2 Å². The van der Waals surface area contributed by atoms with Gasteiger partial charge in [-0.25, -0.2) is 0 Å². The lowest BCUT2D eigenvalue weighted by Gasteiger charge is -2.12. The molecular weight excluding hydrogens is 244 g/mol. The fraction of sp³-hybridized carbons (Fsp3) is 0.357. The van der Waals surface area contributed by atoms with E-state index in [0.29, 0.717) is 12.4 Å². The lowest BCUT2D eigenvalue weighted by atomic mass is 9.98. The van der Waals surface area contributed by atoms with Gasteiger partial charge >= 0.3 is 5.97 Å². The Morgan fingerprint density at radius 2 is 2.00 bits per heavy atom. The zero-order chi connectivity index (χ0) is 13.8. The van der Waals surface area contributed by atoms with Gasteiger partial charge in [0, 0.05) is 0 Å². The van der Waals surface area contributed by atoms with Crippen LogP contribution in [0.2, 0.25) is 0 Å². The van der Waals surface area contributed by atoms with E-state index in [2.05, 4.69) is 10.1 Å². The lowest BCUT2D eigenvalue weighted by molar-refractivity contribution is -0.144. The molecule has 0 fully saturated rings. The van der Waals surface area contributed by atoms with Crippen molar-refractivity contribution < 1.29 is 14.1 Å². The highest BCUT2D eigenvalue weighted by atomic mass is 16.5. The number of ether oxygens (including phenoxy) is 1. The van der Waals surface area contributed by atoms with Crippen LogP contribution in [-0.4, -0.2) is 22.7 Å². The van der Waals surface area contributed by atoms with Crippen LogP contribution in [-0.2, 0) is 9.53 Å². The molecule has 100 valence electrons. The summed E-state index contributed by atoms with van der Waals surface area (Å²) >= 11 is 0. The van der Waals surface area contributed by atoms with Crippen LogP contribution < -0.4 is 0 Å². The third-order valence-corrected chi connectivity index (χ3v) is 2.72. The maximum Gasteiger partial charge on any atom is 0.323 e.